The number of amides is 1. The normalized spacial score (nSPS) is 15.6. The maximum absolute atomic E-state index is 12.1. The molecule has 7 nitrogen and oxygen atoms in total. The molecular weight excluding hydrogens is 296 g/mol. The predicted octanol–water partition coefficient (Wildman–Crippen LogP) is 2.46. The van der Waals surface area contributed by atoms with Crippen molar-refractivity contribution in [1.29, 1.82) is 0 Å². The molecule has 0 unspecified atom stereocenters. The van der Waals surface area contributed by atoms with Crippen molar-refractivity contribution in [3.8, 4) is 5.88 Å². The van der Waals surface area contributed by atoms with Gasteiger partial charge < -0.3 is 14.7 Å². The molecule has 0 aromatic carbocycles. The van der Waals surface area contributed by atoms with Gasteiger partial charge in [0.25, 0.3) is 0 Å². The Morgan fingerprint density at radius 2 is 2.17 bits per heavy atom. The van der Waals surface area contributed by atoms with E-state index in [1.807, 2.05) is 32.9 Å². The third kappa shape index (κ3) is 3.13. The highest BCUT2D eigenvalue weighted by Gasteiger charge is 2.24. The first-order chi connectivity index (χ1) is 10.8. The van der Waals surface area contributed by atoms with Gasteiger partial charge in [-0.25, -0.2) is 9.31 Å². The number of hydrogen-bond donors (Lipinski definition) is 1. The molecule has 122 valence electrons. The lowest BCUT2D eigenvalue weighted by atomic mass is 10.0. The molecule has 7 heteroatoms. The molecule has 2 aromatic rings. The highest BCUT2D eigenvalue weighted by Crippen LogP contribution is 2.30. The Morgan fingerprint density at radius 3 is 2.83 bits per heavy atom. The van der Waals surface area contributed by atoms with Crippen LogP contribution < -0.4 is 0 Å². The second-order valence-electron chi connectivity index (χ2n) is 6.51. The molecule has 0 spiro atoms. The first kappa shape index (κ1) is 15.3. The lowest BCUT2D eigenvalue weighted by Gasteiger charge is -2.29. The van der Waals surface area contributed by atoms with Gasteiger partial charge in [-0.1, -0.05) is 6.08 Å². The van der Waals surface area contributed by atoms with Crippen LogP contribution in [0.15, 0.2) is 24.7 Å². The minimum atomic E-state index is -0.497. The van der Waals surface area contributed by atoms with E-state index in [1.165, 1.54) is 6.33 Å². The van der Waals surface area contributed by atoms with Crippen LogP contribution in [0.3, 0.4) is 0 Å². The van der Waals surface area contributed by atoms with Gasteiger partial charge in [0.1, 0.15) is 17.4 Å². The third-order valence-electron chi connectivity index (χ3n) is 3.64. The summed E-state index contributed by atoms with van der Waals surface area (Å²) in [6.45, 7) is 6.62. The van der Waals surface area contributed by atoms with Crippen LogP contribution in [0.2, 0.25) is 0 Å². The molecular formula is C16H20N4O3. The first-order valence-electron chi connectivity index (χ1n) is 7.54. The second-order valence-corrected chi connectivity index (χ2v) is 6.51. The quantitative estimate of drug-likeness (QED) is 0.874. The number of aromatic hydroxyl groups is 1. The molecule has 3 rings (SSSR count). The molecule has 0 radical (unpaired) electrons. The smallest absolute Gasteiger partial charge is 0.410 e. The van der Waals surface area contributed by atoms with E-state index in [0.29, 0.717) is 25.0 Å². The number of rotatable bonds is 1. The predicted molar refractivity (Wildman–Crippen MR) is 85.1 cm³/mol. The summed E-state index contributed by atoms with van der Waals surface area (Å²) in [5.74, 6) is -0.0459. The molecule has 3 heterocycles. The zero-order valence-corrected chi connectivity index (χ0v) is 13.5. The van der Waals surface area contributed by atoms with Crippen molar-refractivity contribution in [3.63, 3.8) is 0 Å². The van der Waals surface area contributed by atoms with E-state index in [0.717, 1.165) is 11.1 Å². The van der Waals surface area contributed by atoms with Crippen LogP contribution in [0.1, 0.15) is 32.8 Å². The van der Waals surface area contributed by atoms with E-state index in [1.54, 1.807) is 15.6 Å². The number of carbonyl (C=O) groups excluding carboxylic acids is 1. The third-order valence-corrected chi connectivity index (χ3v) is 3.64. The van der Waals surface area contributed by atoms with Crippen molar-refractivity contribution in [2.75, 3.05) is 13.1 Å². The summed E-state index contributed by atoms with van der Waals surface area (Å²) < 4.78 is 6.98. The minimum absolute atomic E-state index is 0.0459. The Hall–Kier alpha value is -2.57. The highest BCUT2D eigenvalue weighted by atomic mass is 16.6. The maximum atomic E-state index is 12.1. The van der Waals surface area contributed by atoms with Gasteiger partial charge in [-0.15, -0.1) is 0 Å². The maximum Gasteiger partial charge on any atom is 0.410 e. The fourth-order valence-corrected chi connectivity index (χ4v) is 2.60. The average Bonchev–Trinajstić information content (AvgIpc) is 2.91. The van der Waals surface area contributed by atoms with Gasteiger partial charge in [0.2, 0.25) is 5.88 Å². The molecule has 0 fully saturated rings. The van der Waals surface area contributed by atoms with E-state index in [4.69, 9.17) is 4.74 Å². The van der Waals surface area contributed by atoms with Crippen molar-refractivity contribution in [3.05, 3.63) is 30.2 Å². The van der Waals surface area contributed by atoms with Crippen LogP contribution in [0.5, 0.6) is 5.88 Å². The van der Waals surface area contributed by atoms with Crippen LogP contribution in [-0.4, -0.2) is 49.4 Å². The number of hydrogen-bond acceptors (Lipinski definition) is 5. The summed E-state index contributed by atoms with van der Waals surface area (Å²) in [6.07, 6.45) is 5.46. The zero-order valence-electron chi connectivity index (χ0n) is 13.5. The summed E-state index contributed by atoms with van der Waals surface area (Å²) in [5, 5.41) is 14.0. The molecule has 1 aliphatic heterocycles. The van der Waals surface area contributed by atoms with Gasteiger partial charge in [0.15, 0.2) is 0 Å². The second kappa shape index (κ2) is 5.57. The van der Waals surface area contributed by atoms with Gasteiger partial charge in [-0.05, 0) is 38.8 Å². The van der Waals surface area contributed by atoms with Crippen LogP contribution >= 0.6 is 0 Å². The highest BCUT2D eigenvalue weighted by molar-refractivity contribution is 5.82. The zero-order chi connectivity index (χ0) is 16.6. The molecule has 1 amide bonds. The molecule has 1 N–H and O–H groups in total. The lowest BCUT2D eigenvalue weighted by molar-refractivity contribution is 0.0270. The topological polar surface area (TPSA) is 80.0 Å². The van der Waals surface area contributed by atoms with Gasteiger partial charge >= 0.3 is 6.09 Å². The SMILES string of the molecule is CC(C)(C)OC(=O)N1CC=C(c2ccn3ncnc(O)c23)CC1. The average molecular weight is 316 g/mol. The summed E-state index contributed by atoms with van der Waals surface area (Å²) in [5.41, 5.74) is 2.05. The van der Waals surface area contributed by atoms with Crippen molar-refractivity contribution < 1.29 is 14.6 Å². The van der Waals surface area contributed by atoms with E-state index in [9.17, 15) is 9.90 Å². The van der Waals surface area contributed by atoms with Crippen LogP contribution in [0, 0.1) is 0 Å². The van der Waals surface area contributed by atoms with Gasteiger partial charge in [0, 0.05) is 24.8 Å². The lowest BCUT2D eigenvalue weighted by Crippen LogP contribution is -2.39. The molecule has 0 saturated carbocycles. The molecule has 2 aromatic heterocycles. The number of carbonyl (C=O) groups is 1. The summed E-state index contributed by atoms with van der Waals surface area (Å²) >= 11 is 0. The van der Waals surface area contributed by atoms with Crippen molar-refractivity contribution in [2.45, 2.75) is 32.8 Å². The number of aromatic nitrogens is 3. The molecule has 0 aliphatic carbocycles. The summed E-state index contributed by atoms with van der Waals surface area (Å²) in [6, 6.07) is 1.90. The summed E-state index contributed by atoms with van der Waals surface area (Å²) in [7, 11) is 0. The van der Waals surface area contributed by atoms with Crippen LogP contribution in [0.4, 0.5) is 4.79 Å². The van der Waals surface area contributed by atoms with Gasteiger partial charge in [-0.3, -0.25) is 0 Å². The Kier molecular flexibility index (Phi) is 3.71. The number of fused-ring (bicyclic) bond motifs is 1. The Balaban J connectivity index is 1.80. The standard InChI is InChI=1S/C16H20N4O3/c1-16(2,3)23-15(22)19-7-4-11(5-8-19)12-6-9-20-13(12)14(21)17-10-18-20/h4,6,9-10H,5,7-8H2,1-3H3,(H,17,18,21). The number of ether oxygens (including phenoxy) is 1. The molecule has 0 bridgehead atoms. The van der Waals surface area contributed by atoms with E-state index in [2.05, 4.69) is 10.1 Å². The van der Waals surface area contributed by atoms with Gasteiger partial charge in [0.05, 0.1) is 0 Å². The van der Waals surface area contributed by atoms with Crippen molar-refractivity contribution in [1.82, 2.24) is 19.5 Å². The van der Waals surface area contributed by atoms with E-state index < -0.39 is 5.60 Å². The van der Waals surface area contributed by atoms with E-state index >= 15 is 0 Å². The number of nitrogens with zero attached hydrogens (tertiary/aromatic N) is 4. The minimum Gasteiger partial charge on any atom is -0.492 e. The largest absolute Gasteiger partial charge is 0.492 e. The molecule has 23 heavy (non-hydrogen) atoms. The van der Waals surface area contributed by atoms with Crippen molar-refractivity contribution in [2.24, 2.45) is 0 Å². The first-order valence-corrected chi connectivity index (χ1v) is 7.54. The van der Waals surface area contributed by atoms with Gasteiger partial charge in [-0.2, -0.15) is 10.1 Å². The Labute approximate surface area is 134 Å². The fourth-order valence-electron chi connectivity index (χ4n) is 2.60. The van der Waals surface area contributed by atoms with Crippen LogP contribution in [0.25, 0.3) is 11.1 Å². The molecule has 0 atom stereocenters. The summed E-state index contributed by atoms with van der Waals surface area (Å²) in [4.78, 5) is 17.6. The van der Waals surface area contributed by atoms with E-state index in [-0.39, 0.29) is 12.0 Å². The van der Waals surface area contributed by atoms with Crippen LogP contribution in [-0.2, 0) is 4.74 Å². The molecule has 0 saturated heterocycles. The Bertz CT molecular complexity index is 773. The monoisotopic (exact) mass is 316 g/mol. The Morgan fingerprint density at radius 1 is 1.39 bits per heavy atom. The van der Waals surface area contributed by atoms with Crippen molar-refractivity contribution >= 4 is 17.2 Å². The fraction of sp³-hybridized carbons (Fsp3) is 0.438. The molecule has 1 aliphatic rings.